The first-order chi connectivity index (χ1) is 9.56. The molecule has 20 heavy (non-hydrogen) atoms. The van der Waals surface area contributed by atoms with Crippen molar-refractivity contribution in [3.8, 4) is 11.8 Å². The van der Waals surface area contributed by atoms with Crippen LogP contribution in [0, 0.1) is 25.2 Å². The van der Waals surface area contributed by atoms with Crippen LogP contribution in [0.2, 0.25) is 0 Å². The Morgan fingerprint density at radius 1 is 1.40 bits per heavy atom. The van der Waals surface area contributed by atoms with Gasteiger partial charge in [0.2, 0.25) is 0 Å². The van der Waals surface area contributed by atoms with Crippen molar-refractivity contribution in [1.29, 1.82) is 5.26 Å². The average molecular weight is 276 g/mol. The normalized spacial score (nSPS) is 12.2. The van der Waals surface area contributed by atoms with Crippen molar-refractivity contribution in [2.75, 3.05) is 26.2 Å². The Morgan fingerprint density at radius 2 is 2.15 bits per heavy atom. The highest BCUT2D eigenvalue weighted by Gasteiger charge is 2.12. The van der Waals surface area contributed by atoms with Gasteiger partial charge in [0.15, 0.2) is 0 Å². The van der Waals surface area contributed by atoms with Gasteiger partial charge in [0, 0.05) is 6.54 Å². The highest BCUT2D eigenvalue weighted by atomic mass is 16.5. The molecule has 1 aromatic carbocycles. The Balaban J connectivity index is 2.45. The van der Waals surface area contributed by atoms with Crippen molar-refractivity contribution in [1.82, 2.24) is 4.90 Å². The van der Waals surface area contributed by atoms with Crippen LogP contribution < -0.4 is 4.74 Å². The Morgan fingerprint density at radius 3 is 2.75 bits per heavy atom. The molecule has 0 saturated heterocycles. The summed E-state index contributed by atoms with van der Waals surface area (Å²) in [7, 11) is 0. The predicted octanol–water partition coefficient (Wildman–Crippen LogP) is 2.28. The predicted molar refractivity (Wildman–Crippen MR) is 79.8 cm³/mol. The largest absolute Gasteiger partial charge is 0.491 e. The van der Waals surface area contributed by atoms with E-state index in [2.05, 4.69) is 19.1 Å². The number of ether oxygens (including phenoxy) is 1. The van der Waals surface area contributed by atoms with E-state index in [0.29, 0.717) is 13.1 Å². The summed E-state index contributed by atoms with van der Waals surface area (Å²) in [6.45, 7) is 7.96. The van der Waals surface area contributed by atoms with Gasteiger partial charge in [-0.05, 0) is 38.4 Å². The summed E-state index contributed by atoms with van der Waals surface area (Å²) in [5.74, 6) is 0.803. The molecule has 1 rings (SSSR count). The Bertz CT molecular complexity index is 454. The van der Waals surface area contributed by atoms with Gasteiger partial charge < -0.3 is 9.84 Å². The Hall–Kier alpha value is -1.57. The van der Waals surface area contributed by atoms with E-state index in [0.717, 1.165) is 24.3 Å². The number of aliphatic hydroxyl groups is 1. The Labute approximate surface area is 121 Å². The van der Waals surface area contributed by atoms with Crippen molar-refractivity contribution < 1.29 is 9.84 Å². The SMILES string of the molecule is CCCN(CC#N)CC(O)COc1ccc(C)cc1C. The molecule has 0 spiro atoms. The van der Waals surface area contributed by atoms with Gasteiger partial charge in [-0.2, -0.15) is 5.26 Å². The molecule has 1 unspecified atom stereocenters. The fraction of sp³-hybridized carbons (Fsp3) is 0.562. The number of nitriles is 1. The van der Waals surface area contributed by atoms with Crippen LogP contribution in [0.15, 0.2) is 18.2 Å². The standard InChI is InChI=1S/C16H24N2O2/c1-4-8-18(9-7-17)11-15(19)12-20-16-6-5-13(2)10-14(16)3/h5-6,10,15,19H,4,8-9,11-12H2,1-3H3. The number of aliphatic hydroxyl groups excluding tert-OH is 1. The van der Waals surface area contributed by atoms with E-state index in [1.165, 1.54) is 5.56 Å². The van der Waals surface area contributed by atoms with E-state index >= 15 is 0 Å². The van der Waals surface area contributed by atoms with E-state index in [9.17, 15) is 5.11 Å². The van der Waals surface area contributed by atoms with Gasteiger partial charge in [0.1, 0.15) is 18.5 Å². The van der Waals surface area contributed by atoms with Gasteiger partial charge >= 0.3 is 0 Å². The molecule has 0 bridgehead atoms. The molecule has 0 aliphatic rings. The molecule has 0 amide bonds. The van der Waals surface area contributed by atoms with Crippen LogP contribution in [0.4, 0.5) is 0 Å². The maximum absolute atomic E-state index is 10.0. The number of nitrogens with zero attached hydrogens (tertiary/aromatic N) is 2. The lowest BCUT2D eigenvalue weighted by Gasteiger charge is -2.22. The summed E-state index contributed by atoms with van der Waals surface area (Å²) in [4.78, 5) is 1.94. The zero-order chi connectivity index (χ0) is 15.0. The molecule has 0 aliphatic heterocycles. The third-order valence-corrected chi connectivity index (χ3v) is 3.06. The molecule has 1 aromatic rings. The molecule has 4 nitrogen and oxygen atoms in total. The molecule has 0 saturated carbocycles. The monoisotopic (exact) mass is 276 g/mol. The van der Waals surface area contributed by atoms with Crippen molar-refractivity contribution in [2.45, 2.75) is 33.3 Å². The number of hydrogen-bond acceptors (Lipinski definition) is 4. The smallest absolute Gasteiger partial charge is 0.122 e. The van der Waals surface area contributed by atoms with Crippen molar-refractivity contribution >= 4 is 0 Å². The zero-order valence-electron chi connectivity index (χ0n) is 12.6. The lowest BCUT2D eigenvalue weighted by molar-refractivity contribution is 0.0722. The molecule has 1 atom stereocenters. The lowest BCUT2D eigenvalue weighted by Crippen LogP contribution is -2.36. The van der Waals surface area contributed by atoms with Gasteiger partial charge in [0.25, 0.3) is 0 Å². The highest BCUT2D eigenvalue weighted by molar-refractivity contribution is 5.35. The van der Waals surface area contributed by atoms with E-state index in [-0.39, 0.29) is 6.61 Å². The summed E-state index contributed by atoms with van der Waals surface area (Å²) in [5.41, 5.74) is 2.26. The molecule has 0 aliphatic carbocycles. The van der Waals surface area contributed by atoms with Crippen LogP contribution in [0.5, 0.6) is 5.75 Å². The topological polar surface area (TPSA) is 56.5 Å². The van der Waals surface area contributed by atoms with Gasteiger partial charge in [-0.1, -0.05) is 24.6 Å². The number of rotatable bonds is 8. The fourth-order valence-corrected chi connectivity index (χ4v) is 2.15. The minimum Gasteiger partial charge on any atom is -0.491 e. The van der Waals surface area contributed by atoms with Crippen molar-refractivity contribution in [2.24, 2.45) is 0 Å². The van der Waals surface area contributed by atoms with E-state index < -0.39 is 6.10 Å². The summed E-state index contributed by atoms with van der Waals surface area (Å²) < 4.78 is 5.65. The summed E-state index contributed by atoms with van der Waals surface area (Å²) in [6, 6.07) is 8.10. The molecule has 0 heterocycles. The van der Waals surface area contributed by atoms with Crippen LogP contribution in [0.3, 0.4) is 0 Å². The molecular formula is C16H24N2O2. The lowest BCUT2D eigenvalue weighted by atomic mass is 10.1. The Kier molecular flexibility index (Phi) is 7.06. The summed E-state index contributed by atoms with van der Waals surface area (Å²) >= 11 is 0. The first-order valence-electron chi connectivity index (χ1n) is 7.04. The summed E-state index contributed by atoms with van der Waals surface area (Å²) in [6.07, 6.45) is 0.377. The van der Waals surface area contributed by atoms with E-state index in [1.807, 2.05) is 30.9 Å². The molecular weight excluding hydrogens is 252 g/mol. The van der Waals surface area contributed by atoms with Crippen LogP contribution in [-0.2, 0) is 0 Å². The summed E-state index contributed by atoms with van der Waals surface area (Å²) in [5, 5.41) is 18.7. The van der Waals surface area contributed by atoms with E-state index in [4.69, 9.17) is 10.00 Å². The third-order valence-electron chi connectivity index (χ3n) is 3.06. The maximum atomic E-state index is 10.0. The van der Waals surface area contributed by atoms with Gasteiger partial charge in [-0.15, -0.1) is 0 Å². The average Bonchev–Trinajstić information content (AvgIpc) is 2.38. The van der Waals surface area contributed by atoms with Crippen LogP contribution in [0.25, 0.3) is 0 Å². The second kappa shape index (κ2) is 8.57. The first-order valence-corrected chi connectivity index (χ1v) is 7.04. The van der Waals surface area contributed by atoms with E-state index in [1.54, 1.807) is 0 Å². The number of hydrogen-bond donors (Lipinski definition) is 1. The second-order valence-electron chi connectivity index (χ2n) is 5.13. The molecule has 0 aromatic heterocycles. The molecule has 0 radical (unpaired) electrons. The second-order valence-corrected chi connectivity index (χ2v) is 5.13. The van der Waals surface area contributed by atoms with Crippen LogP contribution in [0.1, 0.15) is 24.5 Å². The minimum atomic E-state index is -0.587. The number of benzene rings is 1. The van der Waals surface area contributed by atoms with Gasteiger partial charge in [0.05, 0.1) is 12.6 Å². The molecule has 4 heteroatoms. The highest BCUT2D eigenvalue weighted by Crippen LogP contribution is 2.18. The third kappa shape index (κ3) is 5.60. The zero-order valence-corrected chi connectivity index (χ0v) is 12.6. The fourth-order valence-electron chi connectivity index (χ4n) is 2.15. The van der Waals surface area contributed by atoms with Crippen molar-refractivity contribution in [3.05, 3.63) is 29.3 Å². The molecule has 110 valence electrons. The molecule has 0 fully saturated rings. The van der Waals surface area contributed by atoms with Gasteiger partial charge in [-0.3, -0.25) is 4.90 Å². The first kappa shape index (κ1) is 16.5. The van der Waals surface area contributed by atoms with Crippen molar-refractivity contribution in [3.63, 3.8) is 0 Å². The maximum Gasteiger partial charge on any atom is 0.122 e. The van der Waals surface area contributed by atoms with Crippen LogP contribution >= 0.6 is 0 Å². The van der Waals surface area contributed by atoms with Gasteiger partial charge in [-0.25, -0.2) is 0 Å². The quantitative estimate of drug-likeness (QED) is 0.740. The van der Waals surface area contributed by atoms with Crippen LogP contribution in [-0.4, -0.2) is 42.4 Å². The minimum absolute atomic E-state index is 0.246. The molecule has 1 N–H and O–H groups in total. The number of aryl methyl sites for hydroxylation is 2.